The van der Waals surface area contributed by atoms with Crippen molar-refractivity contribution in [2.75, 3.05) is 19.8 Å². The summed E-state index contributed by atoms with van der Waals surface area (Å²) >= 11 is 6.41. The van der Waals surface area contributed by atoms with Gasteiger partial charge in [0.1, 0.15) is 30.5 Å². The second kappa shape index (κ2) is 9.32. The molecular formula is C23H27ClO6. The molecule has 2 saturated heterocycles. The summed E-state index contributed by atoms with van der Waals surface area (Å²) in [4.78, 5) is 0. The first-order valence-electron chi connectivity index (χ1n) is 10.2. The highest BCUT2D eigenvalue weighted by molar-refractivity contribution is 6.31. The van der Waals surface area contributed by atoms with Crippen molar-refractivity contribution in [2.45, 2.75) is 49.3 Å². The van der Waals surface area contributed by atoms with Gasteiger partial charge in [-0.25, -0.2) is 0 Å². The monoisotopic (exact) mass is 434 g/mol. The van der Waals surface area contributed by atoms with Crippen LogP contribution in [0.1, 0.15) is 40.7 Å². The SMILES string of the molecule is OC[C@H]1O[C@@H](c2ccc(Cl)c(Cc3ccc(C4CCOC4)cc3)c2)[C@H](O)[C@@H](O)[C@@H]1O. The molecule has 0 spiro atoms. The molecule has 4 N–H and O–H groups in total. The van der Waals surface area contributed by atoms with Crippen molar-refractivity contribution >= 4 is 11.6 Å². The molecule has 2 aliphatic rings. The molecule has 0 aliphatic carbocycles. The van der Waals surface area contributed by atoms with Gasteiger partial charge in [0, 0.05) is 17.5 Å². The number of aliphatic hydroxyl groups is 4. The Morgan fingerprint density at radius 2 is 1.67 bits per heavy atom. The lowest BCUT2D eigenvalue weighted by atomic mass is 9.90. The van der Waals surface area contributed by atoms with Gasteiger partial charge in [-0.3, -0.25) is 0 Å². The van der Waals surface area contributed by atoms with Crippen molar-refractivity contribution in [1.29, 1.82) is 0 Å². The van der Waals surface area contributed by atoms with Gasteiger partial charge in [0.2, 0.25) is 0 Å². The summed E-state index contributed by atoms with van der Waals surface area (Å²) in [6.07, 6.45) is -4.27. The third-order valence-electron chi connectivity index (χ3n) is 6.07. The van der Waals surface area contributed by atoms with Gasteiger partial charge in [-0.1, -0.05) is 48.0 Å². The van der Waals surface area contributed by atoms with E-state index in [1.54, 1.807) is 12.1 Å². The van der Waals surface area contributed by atoms with E-state index in [0.29, 0.717) is 22.9 Å². The third kappa shape index (κ3) is 4.41. The topological polar surface area (TPSA) is 99.4 Å². The molecule has 0 aromatic heterocycles. The normalized spacial score (nSPS) is 31.8. The lowest BCUT2D eigenvalue weighted by molar-refractivity contribution is -0.231. The van der Waals surface area contributed by atoms with Gasteiger partial charge in [-0.15, -0.1) is 0 Å². The number of halogens is 1. The molecule has 6 nitrogen and oxygen atoms in total. The standard InChI is InChI=1S/C23H27ClO6/c24-18-6-5-15(23-22(28)21(27)20(26)19(11-25)30-23)10-17(18)9-13-1-3-14(4-2-13)16-7-8-29-12-16/h1-6,10,16,19-23,25-28H,7-9,11-12H2/t16?,19-,20-,21+,22-,23+/m1/s1. The number of hydrogen-bond acceptors (Lipinski definition) is 6. The van der Waals surface area contributed by atoms with Gasteiger partial charge in [0.25, 0.3) is 0 Å². The molecule has 0 bridgehead atoms. The summed E-state index contributed by atoms with van der Waals surface area (Å²) < 4.78 is 11.1. The van der Waals surface area contributed by atoms with Crippen LogP contribution in [0.3, 0.4) is 0 Å². The molecule has 162 valence electrons. The van der Waals surface area contributed by atoms with Gasteiger partial charge in [0.15, 0.2) is 0 Å². The van der Waals surface area contributed by atoms with E-state index in [4.69, 9.17) is 21.1 Å². The van der Waals surface area contributed by atoms with E-state index in [-0.39, 0.29) is 0 Å². The fraction of sp³-hybridized carbons (Fsp3) is 0.478. The van der Waals surface area contributed by atoms with E-state index in [0.717, 1.165) is 30.8 Å². The van der Waals surface area contributed by atoms with Crippen LogP contribution in [0.4, 0.5) is 0 Å². The van der Waals surface area contributed by atoms with E-state index >= 15 is 0 Å². The zero-order chi connectivity index (χ0) is 21.3. The first-order chi connectivity index (χ1) is 14.5. The Morgan fingerprint density at radius 1 is 0.933 bits per heavy atom. The molecule has 30 heavy (non-hydrogen) atoms. The number of rotatable bonds is 5. The van der Waals surface area contributed by atoms with Crippen LogP contribution in [0.15, 0.2) is 42.5 Å². The van der Waals surface area contributed by atoms with E-state index < -0.39 is 37.1 Å². The molecule has 0 radical (unpaired) electrons. The van der Waals surface area contributed by atoms with Crippen LogP contribution in [0.2, 0.25) is 5.02 Å². The molecule has 1 unspecified atom stereocenters. The van der Waals surface area contributed by atoms with Gasteiger partial charge in [-0.2, -0.15) is 0 Å². The molecule has 2 aromatic carbocycles. The number of hydrogen-bond donors (Lipinski definition) is 4. The Bertz CT molecular complexity index is 849. The molecule has 7 heteroatoms. The summed E-state index contributed by atoms with van der Waals surface area (Å²) in [5.41, 5.74) is 3.87. The van der Waals surface area contributed by atoms with Crippen LogP contribution in [0.5, 0.6) is 0 Å². The Kier molecular flexibility index (Phi) is 6.75. The Hall–Kier alpha value is -1.51. The zero-order valence-corrected chi connectivity index (χ0v) is 17.3. The summed E-state index contributed by atoms with van der Waals surface area (Å²) in [7, 11) is 0. The smallest absolute Gasteiger partial charge is 0.113 e. The van der Waals surface area contributed by atoms with Crippen LogP contribution in [-0.4, -0.2) is 64.7 Å². The minimum absolute atomic E-state index is 0.456. The van der Waals surface area contributed by atoms with E-state index in [2.05, 4.69) is 24.3 Å². The van der Waals surface area contributed by atoms with Gasteiger partial charge >= 0.3 is 0 Å². The first-order valence-corrected chi connectivity index (χ1v) is 10.6. The lowest BCUT2D eigenvalue weighted by Gasteiger charge is -2.40. The second-order valence-electron chi connectivity index (χ2n) is 8.08. The fourth-order valence-corrected chi connectivity index (χ4v) is 4.39. The first kappa shape index (κ1) is 21.7. The Labute approximate surface area is 180 Å². The molecule has 2 fully saturated rings. The van der Waals surface area contributed by atoms with Crippen LogP contribution in [0, 0.1) is 0 Å². The fourth-order valence-electron chi connectivity index (χ4n) is 4.21. The average Bonchev–Trinajstić information content (AvgIpc) is 3.30. The molecule has 4 rings (SSSR count). The molecule has 2 heterocycles. The maximum absolute atomic E-state index is 10.4. The third-order valence-corrected chi connectivity index (χ3v) is 6.43. The lowest BCUT2D eigenvalue weighted by Crippen LogP contribution is -2.55. The Morgan fingerprint density at radius 3 is 2.33 bits per heavy atom. The summed E-state index contributed by atoms with van der Waals surface area (Å²) in [6, 6.07) is 13.7. The molecule has 6 atom stereocenters. The van der Waals surface area contributed by atoms with Gasteiger partial charge < -0.3 is 29.9 Å². The Balaban J connectivity index is 1.53. The highest BCUT2D eigenvalue weighted by Crippen LogP contribution is 2.34. The predicted octanol–water partition coefficient (Wildman–Crippen LogP) is 1.95. The van der Waals surface area contributed by atoms with Crippen LogP contribution >= 0.6 is 11.6 Å². The summed E-state index contributed by atoms with van der Waals surface area (Å²) in [6.45, 7) is 1.12. The van der Waals surface area contributed by atoms with Gasteiger partial charge in [0.05, 0.1) is 13.2 Å². The van der Waals surface area contributed by atoms with E-state index in [1.165, 1.54) is 5.56 Å². The predicted molar refractivity (Wildman–Crippen MR) is 112 cm³/mol. The number of ether oxygens (including phenoxy) is 2. The van der Waals surface area contributed by atoms with Crippen molar-refractivity contribution in [3.05, 3.63) is 69.7 Å². The van der Waals surface area contributed by atoms with Crippen molar-refractivity contribution in [3.63, 3.8) is 0 Å². The maximum atomic E-state index is 10.4. The minimum Gasteiger partial charge on any atom is -0.394 e. The number of aliphatic hydroxyl groups excluding tert-OH is 4. The molecule has 0 saturated carbocycles. The van der Waals surface area contributed by atoms with Crippen LogP contribution < -0.4 is 0 Å². The highest BCUT2D eigenvalue weighted by atomic mass is 35.5. The molecule has 2 aromatic rings. The minimum atomic E-state index is -1.41. The van der Waals surface area contributed by atoms with Gasteiger partial charge in [-0.05, 0) is 41.2 Å². The van der Waals surface area contributed by atoms with E-state index in [9.17, 15) is 20.4 Å². The molecule has 2 aliphatic heterocycles. The average molecular weight is 435 g/mol. The quantitative estimate of drug-likeness (QED) is 0.574. The van der Waals surface area contributed by atoms with Crippen molar-refractivity contribution < 1.29 is 29.9 Å². The van der Waals surface area contributed by atoms with Crippen molar-refractivity contribution in [3.8, 4) is 0 Å². The largest absolute Gasteiger partial charge is 0.394 e. The van der Waals surface area contributed by atoms with Crippen molar-refractivity contribution in [2.24, 2.45) is 0 Å². The second-order valence-corrected chi connectivity index (χ2v) is 8.49. The van der Waals surface area contributed by atoms with Crippen molar-refractivity contribution in [1.82, 2.24) is 0 Å². The van der Waals surface area contributed by atoms with Crippen LogP contribution in [-0.2, 0) is 15.9 Å². The highest BCUT2D eigenvalue weighted by Gasteiger charge is 2.44. The maximum Gasteiger partial charge on any atom is 0.113 e. The van der Waals surface area contributed by atoms with E-state index in [1.807, 2.05) is 6.07 Å². The molecule has 0 amide bonds. The number of benzene rings is 2. The zero-order valence-electron chi connectivity index (χ0n) is 16.5. The van der Waals surface area contributed by atoms with Crippen LogP contribution in [0.25, 0.3) is 0 Å². The summed E-state index contributed by atoms with van der Waals surface area (Å²) in [5.74, 6) is 0.456. The molecular weight excluding hydrogens is 408 g/mol. The summed E-state index contributed by atoms with van der Waals surface area (Å²) in [5, 5.41) is 40.5.